The van der Waals surface area contributed by atoms with Crippen molar-refractivity contribution in [2.75, 3.05) is 7.11 Å². The first kappa shape index (κ1) is 17.6. The van der Waals surface area contributed by atoms with Crippen molar-refractivity contribution >= 4 is 12.6 Å². The molecule has 1 saturated heterocycles. The second-order valence-electron chi connectivity index (χ2n) is 7.54. The highest BCUT2D eigenvalue weighted by molar-refractivity contribution is 6.63. The fourth-order valence-electron chi connectivity index (χ4n) is 2.92. The van der Waals surface area contributed by atoms with Crippen molar-refractivity contribution in [3.8, 4) is 5.75 Å². The van der Waals surface area contributed by atoms with Crippen LogP contribution in [0.15, 0.2) is 12.1 Å². The Morgan fingerprint density at radius 1 is 1.08 bits per heavy atom. The van der Waals surface area contributed by atoms with Gasteiger partial charge in [-0.25, -0.2) is 0 Å². The number of ether oxygens (including phenoxy) is 1. The minimum atomic E-state index is -4.40. The molecule has 0 spiro atoms. The highest BCUT2D eigenvalue weighted by Gasteiger charge is 2.53. The van der Waals surface area contributed by atoms with Crippen LogP contribution in [0.4, 0.5) is 13.2 Å². The van der Waals surface area contributed by atoms with Crippen LogP contribution in [-0.2, 0) is 15.5 Å². The van der Waals surface area contributed by atoms with Crippen LogP contribution < -0.4 is 10.2 Å². The number of benzene rings is 1. The summed E-state index contributed by atoms with van der Waals surface area (Å²) in [6.45, 7) is 7.63. The van der Waals surface area contributed by atoms with Gasteiger partial charge >= 0.3 is 13.3 Å². The average molecular weight is 342 g/mol. The van der Waals surface area contributed by atoms with Crippen LogP contribution >= 0.6 is 0 Å². The highest BCUT2D eigenvalue weighted by atomic mass is 19.4. The molecule has 0 N–H and O–H groups in total. The summed E-state index contributed by atoms with van der Waals surface area (Å²) in [4.78, 5) is 0. The molecular formula is C17H22BF3O3. The van der Waals surface area contributed by atoms with Crippen LogP contribution in [0.1, 0.15) is 57.6 Å². The molecule has 1 heterocycles. The molecule has 2 aliphatic rings. The van der Waals surface area contributed by atoms with Gasteiger partial charge in [0.15, 0.2) is 0 Å². The van der Waals surface area contributed by atoms with Gasteiger partial charge in [0.25, 0.3) is 0 Å². The molecule has 0 radical (unpaired) electrons. The third kappa shape index (κ3) is 2.92. The van der Waals surface area contributed by atoms with Gasteiger partial charge in [0, 0.05) is 5.46 Å². The van der Waals surface area contributed by atoms with Crippen molar-refractivity contribution in [2.24, 2.45) is 0 Å². The van der Waals surface area contributed by atoms with E-state index in [0.29, 0.717) is 11.0 Å². The van der Waals surface area contributed by atoms with E-state index in [1.165, 1.54) is 7.11 Å². The fourth-order valence-corrected chi connectivity index (χ4v) is 2.92. The predicted molar refractivity (Wildman–Crippen MR) is 85.7 cm³/mol. The van der Waals surface area contributed by atoms with Crippen molar-refractivity contribution in [2.45, 2.75) is 63.8 Å². The third-order valence-corrected chi connectivity index (χ3v) is 5.23. The van der Waals surface area contributed by atoms with Crippen LogP contribution in [0.25, 0.3) is 0 Å². The van der Waals surface area contributed by atoms with Crippen molar-refractivity contribution < 1.29 is 27.2 Å². The molecule has 1 aromatic rings. The van der Waals surface area contributed by atoms with Gasteiger partial charge in [-0.05, 0) is 58.1 Å². The zero-order valence-electron chi connectivity index (χ0n) is 14.6. The number of halogens is 3. The van der Waals surface area contributed by atoms with Crippen LogP contribution in [0, 0.1) is 0 Å². The van der Waals surface area contributed by atoms with Crippen molar-refractivity contribution in [1.29, 1.82) is 0 Å². The molecule has 1 aromatic carbocycles. The molecular weight excluding hydrogens is 320 g/mol. The zero-order valence-corrected chi connectivity index (χ0v) is 14.6. The molecule has 132 valence electrons. The minimum absolute atomic E-state index is 0.0475. The molecule has 1 aliphatic carbocycles. The Morgan fingerprint density at radius 3 is 2.04 bits per heavy atom. The maximum Gasteiger partial charge on any atom is 0.498 e. The Balaban J connectivity index is 2.07. The Kier molecular flexibility index (Phi) is 3.96. The number of hydrogen-bond acceptors (Lipinski definition) is 3. The monoisotopic (exact) mass is 342 g/mol. The standard InChI is InChI=1S/C17H22BF3O3/c1-15(2)16(3,4)24-18(23-15)13-8-11(10-6-7-10)12(17(19,20)21)9-14(13)22-5/h8-10H,6-7H2,1-5H3. The summed E-state index contributed by atoms with van der Waals surface area (Å²) >= 11 is 0. The van der Waals surface area contributed by atoms with Crippen molar-refractivity contribution in [3.05, 3.63) is 23.3 Å². The predicted octanol–water partition coefficient (Wildman–Crippen LogP) is 3.89. The van der Waals surface area contributed by atoms with E-state index in [9.17, 15) is 13.2 Å². The van der Waals surface area contributed by atoms with E-state index in [1.807, 2.05) is 27.7 Å². The first-order valence-electron chi connectivity index (χ1n) is 8.11. The van der Waals surface area contributed by atoms with Crippen LogP contribution in [0.2, 0.25) is 0 Å². The number of methoxy groups -OCH3 is 1. The summed E-state index contributed by atoms with van der Waals surface area (Å²) in [5.74, 6) is 0.0962. The van der Waals surface area contributed by atoms with E-state index in [2.05, 4.69) is 0 Å². The second-order valence-corrected chi connectivity index (χ2v) is 7.54. The first-order chi connectivity index (χ1) is 11.0. The maximum absolute atomic E-state index is 13.4. The molecule has 0 aromatic heterocycles. The Morgan fingerprint density at radius 2 is 1.62 bits per heavy atom. The maximum atomic E-state index is 13.4. The molecule has 2 fully saturated rings. The summed E-state index contributed by atoms with van der Waals surface area (Å²) in [5.41, 5.74) is -0.919. The zero-order chi connectivity index (χ0) is 17.9. The summed E-state index contributed by atoms with van der Waals surface area (Å²) in [7, 11) is 0.617. The molecule has 0 atom stereocenters. The van der Waals surface area contributed by atoms with Gasteiger partial charge in [0.1, 0.15) is 5.75 Å². The number of hydrogen-bond donors (Lipinski definition) is 0. The normalized spacial score (nSPS) is 22.8. The molecule has 0 amide bonds. The van der Waals surface area contributed by atoms with Gasteiger partial charge in [0.05, 0.1) is 23.9 Å². The van der Waals surface area contributed by atoms with E-state index in [0.717, 1.165) is 18.9 Å². The van der Waals surface area contributed by atoms with E-state index in [1.54, 1.807) is 6.07 Å². The SMILES string of the molecule is COc1cc(C(F)(F)F)c(C2CC2)cc1B1OC(C)(C)C(C)(C)O1. The van der Waals surface area contributed by atoms with E-state index < -0.39 is 30.1 Å². The topological polar surface area (TPSA) is 27.7 Å². The molecule has 7 heteroatoms. The minimum Gasteiger partial charge on any atom is -0.497 e. The summed E-state index contributed by atoms with van der Waals surface area (Å²) in [6, 6.07) is 2.63. The first-order valence-corrected chi connectivity index (χ1v) is 8.11. The lowest BCUT2D eigenvalue weighted by atomic mass is 9.76. The van der Waals surface area contributed by atoms with Gasteiger partial charge in [-0.1, -0.05) is 6.07 Å². The Hall–Kier alpha value is -1.21. The average Bonchev–Trinajstić information content (AvgIpc) is 3.24. The number of alkyl halides is 3. The highest BCUT2D eigenvalue weighted by Crippen LogP contribution is 2.47. The Bertz CT molecular complexity index is 635. The molecule has 3 nitrogen and oxygen atoms in total. The molecule has 0 unspecified atom stereocenters. The quantitative estimate of drug-likeness (QED) is 0.780. The third-order valence-electron chi connectivity index (χ3n) is 5.23. The van der Waals surface area contributed by atoms with Crippen LogP contribution in [0.5, 0.6) is 5.75 Å². The molecule has 1 saturated carbocycles. The van der Waals surface area contributed by atoms with Gasteiger partial charge < -0.3 is 14.0 Å². The van der Waals surface area contributed by atoms with E-state index in [-0.39, 0.29) is 11.7 Å². The van der Waals surface area contributed by atoms with Gasteiger partial charge in [-0.3, -0.25) is 0 Å². The largest absolute Gasteiger partial charge is 0.498 e. The summed E-state index contributed by atoms with van der Waals surface area (Å²) in [6.07, 6.45) is -2.85. The number of rotatable bonds is 3. The lowest BCUT2D eigenvalue weighted by molar-refractivity contribution is -0.138. The second kappa shape index (κ2) is 5.40. The van der Waals surface area contributed by atoms with Crippen molar-refractivity contribution in [3.63, 3.8) is 0 Å². The summed E-state index contributed by atoms with van der Waals surface area (Å²) in [5, 5.41) is 0. The van der Waals surface area contributed by atoms with Gasteiger partial charge in [-0.2, -0.15) is 13.2 Å². The van der Waals surface area contributed by atoms with E-state index in [4.69, 9.17) is 14.0 Å². The lowest BCUT2D eigenvalue weighted by Crippen LogP contribution is -2.41. The van der Waals surface area contributed by atoms with Gasteiger partial charge in [0.2, 0.25) is 0 Å². The van der Waals surface area contributed by atoms with Crippen LogP contribution in [0.3, 0.4) is 0 Å². The molecule has 1 aliphatic heterocycles. The van der Waals surface area contributed by atoms with Crippen molar-refractivity contribution in [1.82, 2.24) is 0 Å². The van der Waals surface area contributed by atoms with E-state index >= 15 is 0 Å². The molecule has 24 heavy (non-hydrogen) atoms. The summed E-state index contributed by atoms with van der Waals surface area (Å²) < 4.78 is 57.4. The Labute approximate surface area is 140 Å². The lowest BCUT2D eigenvalue weighted by Gasteiger charge is -2.32. The van der Waals surface area contributed by atoms with Crippen LogP contribution in [-0.4, -0.2) is 25.4 Å². The van der Waals surface area contributed by atoms with Gasteiger partial charge in [-0.15, -0.1) is 0 Å². The smallest absolute Gasteiger partial charge is 0.497 e. The molecule has 0 bridgehead atoms. The molecule has 3 rings (SSSR count). The fraction of sp³-hybridized carbons (Fsp3) is 0.647.